The average molecular weight is 484 g/mol. The highest BCUT2D eigenvalue weighted by Crippen LogP contribution is 2.38. The molecule has 0 amide bonds. The Morgan fingerprint density at radius 3 is 2.50 bits per heavy atom. The second kappa shape index (κ2) is 8.46. The first-order chi connectivity index (χ1) is 14.4. The SMILES string of the molecule is Cc1cc(OC(=O)C(Cl)c2ccccc2)cc2c1C(=O)/C(=C/c1ccc(Br)cc1)O2. The van der Waals surface area contributed by atoms with Crippen molar-refractivity contribution in [2.24, 2.45) is 0 Å². The van der Waals surface area contributed by atoms with Crippen LogP contribution in [0.25, 0.3) is 6.08 Å². The molecule has 0 bridgehead atoms. The van der Waals surface area contributed by atoms with Gasteiger partial charge in [-0.2, -0.15) is 0 Å². The fraction of sp³-hybridized carbons (Fsp3) is 0.0833. The number of halogens is 2. The molecule has 0 saturated heterocycles. The smallest absolute Gasteiger partial charge is 0.334 e. The number of Topliss-reactive ketones (excluding diaryl/α,β-unsaturated/α-hetero) is 1. The Hall–Kier alpha value is -2.89. The number of carbonyl (C=O) groups is 2. The summed E-state index contributed by atoms with van der Waals surface area (Å²) in [6.45, 7) is 1.77. The maximum absolute atomic E-state index is 12.8. The molecular weight excluding hydrogens is 468 g/mol. The predicted octanol–water partition coefficient (Wildman–Crippen LogP) is 6.26. The number of fused-ring (bicyclic) bond motifs is 1. The minimum absolute atomic E-state index is 0.206. The first-order valence-corrected chi connectivity index (χ1v) is 10.4. The lowest BCUT2D eigenvalue weighted by Crippen LogP contribution is -2.14. The normalized spacial score (nSPS) is 14.9. The molecule has 3 aromatic carbocycles. The van der Waals surface area contributed by atoms with E-state index >= 15 is 0 Å². The van der Waals surface area contributed by atoms with Gasteiger partial charge in [-0.1, -0.05) is 58.4 Å². The Morgan fingerprint density at radius 1 is 1.10 bits per heavy atom. The third-order valence-corrected chi connectivity index (χ3v) is 5.59. The fourth-order valence-electron chi connectivity index (χ4n) is 3.17. The zero-order valence-corrected chi connectivity index (χ0v) is 18.2. The van der Waals surface area contributed by atoms with Gasteiger partial charge in [-0.05, 0) is 47.9 Å². The van der Waals surface area contributed by atoms with E-state index in [0.717, 1.165) is 10.0 Å². The summed E-state index contributed by atoms with van der Waals surface area (Å²) in [5.41, 5.74) is 2.61. The molecule has 1 unspecified atom stereocenters. The van der Waals surface area contributed by atoms with Crippen LogP contribution < -0.4 is 9.47 Å². The van der Waals surface area contributed by atoms with Gasteiger partial charge in [0.1, 0.15) is 11.5 Å². The highest BCUT2D eigenvalue weighted by atomic mass is 79.9. The van der Waals surface area contributed by atoms with E-state index in [4.69, 9.17) is 21.1 Å². The zero-order valence-electron chi connectivity index (χ0n) is 15.9. The first-order valence-electron chi connectivity index (χ1n) is 9.17. The van der Waals surface area contributed by atoms with E-state index in [1.165, 1.54) is 6.07 Å². The van der Waals surface area contributed by atoms with E-state index in [-0.39, 0.29) is 17.3 Å². The van der Waals surface area contributed by atoms with Crippen LogP contribution in [0, 0.1) is 6.92 Å². The summed E-state index contributed by atoms with van der Waals surface area (Å²) in [5.74, 6) is 0.0471. The van der Waals surface area contributed by atoms with Crippen LogP contribution in [-0.4, -0.2) is 11.8 Å². The molecule has 1 aliphatic rings. The number of rotatable bonds is 4. The summed E-state index contributed by atoms with van der Waals surface area (Å²) in [7, 11) is 0. The summed E-state index contributed by atoms with van der Waals surface area (Å²) in [5, 5.41) is -0.935. The molecule has 150 valence electrons. The highest BCUT2D eigenvalue weighted by molar-refractivity contribution is 9.10. The van der Waals surface area contributed by atoms with E-state index in [1.54, 1.807) is 43.3 Å². The van der Waals surface area contributed by atoms with Crippen molar-refractivity contribution in [2.75, 3.05) is 0 Å². The average Bonchev–Trinajstić information content (AvgIpc) is 3.05. The van der Waals surface area contributed by atoms with Gasteiger partial charge in [0, 0.05) is 10.5 Å². The predicted molar refractivity (Wildman–Crippen MR) is 119 cm³/mol. The number of ketones is 1. The van der Waals surface area contributed by atoms with Gasteiger partial charge in [0.05, 0.1) is 5.56 Å². The number of hydrogen-bond donors (Lipinski definition) is 0. The maximum Gasteiger partial charge on any atom is 0.334 e. The summed E-state index contributed by atoms with van der Waals surface area (Å²) >= 11 is 9.62. The molecule has 0 N–H and O–H groups in total. The Labute approximate surface area is 187 Å². The Bertz CT molecular complexity index is 1150. The number of benzene rings is 3. The Morgan fingerprint density at radius 2 is 1.80 bits per heavy atom. The molecule has 1 aliphatic heterocycles. The number of ether oxygens (including phenoxy) is 2. The Balaban J connectivity index is 1.57. The lowest BCUT2D eigenvalue weighted by Gasteiger charge is -2.11. The molecule has 0 aliphatic carbocycles. The van der Waals surface area contributed by atoms with Crippen molar-refractivity contribution in [1.29, 1.82) is 0 Å². The number of allylic oxidation sites excluding steroid dienone is 1. The molecule has 0 aromatic heterocycles. The van der Waals surface area contributed by atoms with E-state index in [9.17, 15) is 9.59 Å². The van der Waals surface area contributed by atoms with Crippen LogP contribution in [-0.2, 0) is 4.79 Å². The second-order valence-electron chi connectivity index (χ2n) is 6.80. The molecule has 1 atom stereocenters. The Kier molecular flexibility index (Phi) is 5.75. The summed E-state index contributed by atoms with van der Waals surface area (Å²) in [6, 6.07) is 19.7. The topological polar surface area (TPSA) is 52.6 Å². The zero-order chi connectivity index (χ0) is 21.3. The minimum Gasteiger partial charge on any atom is -0.452 e. The molecule has 30 heavy (non-hydrogen) atoms. The number of alkyl halides is 1. The summed E-state index contributed by atoms with van der Waals surface area (Å²) < 4.78 is 12.2. The third-order valence-electron chi connectivity index (χ3n) is 4.63. The molecule has 4 rings (SSSR count). The van der Waals surface area contributed by atoms with Gasteiger partial charge in [-0.25, -0.2) is 4.79 Å². The monoisotopic (exact) mass is 482 g/mol. The molecule has 1 heterocycles. The fourth-order valence-corrected chi connectivity index (χ4v) is 3.63. The maximum atomic E-state index is 12.8. The molecule has 0 saturated carbocycles. The van der Waals surface area contributed by atoms with Gasteiger partial charge in [0.15, 0.2) is 11.1 Å². The van der Waals surface area contributed by atoms with Crippen molar-refractivity contribution in [3.8, 4) is 11.5 Å². The number of hydrogen-bond acceptors (Lipinski definition) is 4. The molecule has 3 aromatic rings. The van der Waals surface area contributed by atoms with Crippen LogP contribution in [0.2, 0.25) is 0 Å². The number of aryl methyl sites for hydroxylation is 1. The highest BCUT2D eigenvalue weighted by Gasteiger charge is 2.30. The van der Waals surface area contributed by atoms with Gasteiger partial charge in [-0.15, -0.1) is 11.6 Å². The van der Waals surface area contributed by atoms with E-state index in [1.807, 2.05) is 30.3 Å². The molecule has 0 radical (unpaired) electrons. The van der Waals surface area contributed by atoms with Crippen molar-refractivity contribution in [3.05, 3.63) is 99.2 Å². The van der Waals surface area contributed by atoms with Gasteiger partial charge in [-0.3, -0.25) is 4.79 Å². The lowest BCUT2D eigenvalue weighted by atomic mass is 10.0. The number of esters is 1. The summed E-state index contributed by atoms with van der Waals surface area (Å²) in [6.07, 6.45) is 1.68. The molecule has 0 fully saturated rings. The van der Waals surface area contributed by atoms with Gasteiger partial charge < -0.3 is 9.47 Å². The van der Waals surface area contributed by atoms with Crippen LogP contribution in [0.4, 0.5) is 0 Å². The third kappa shape index (κ3) is 4.18. The van der Waals surface area contributed by atoms with Crippen LogP contribution in [0.1, 0.15) is 32.4 Å². The van der Waals surface area contributed by atoms with Crippen LogP contribution >= 0.6 is 27.5 Å². The standard InChI is InChI=1S/C24H16BrClO4/c1-14-11-18(29-24(28)22(26)16-5-3-2-4-6-16)13-19-21(14)23(27)20(30-19)12-15-7-9-17(25)10-8-15/h2-13,22H,1H3/b20-12-. The van der Waals surface area contributed by atoms with Crippen LogP contribution in [0.5, 0.6) is 11.5 Å². The number of carbonyl (C=O) groups excluding carboxylic acids is 2. The van der Waals surface area contributed by atoms with E-state index < -0.39 is 11.3 Å². The largest absolute Gasteiger partial charge is 0.452 e. The summed E-state index contributed by atoms with van der Waals surface area (Å²) in [4.78, 5) is 25.2. The van der Waals surface area contributed by atoms with Crippen molar-refractivity contribution in [1.82, 2.24) is 0 Å². The second-order valence-corrected chi connectivity index (χ2v) is 8.15. The van der Waals surface area contributed by atoms with E-state index in [0.29, 0.717) is 22.4 Å². The first kappa shape index (κ1) is 20.4. The van der Waals surface area contributed by atoms with Crippen LogP contribution in [0.15, 0.2) is 77.0 Å². The van der Waals surface area contributed by atoms with E-state index in [2.05, 4.69) is 15.9 Å². The molecule has 0 spiro atoms. The van der Waals surface area contributed by atoms with Gasteiger partial charge in [0.25, 0.3) is 0 Å². The van der Waals surface area contributed by atoms with Crippen molar-refractivity contribution >= 4 is 45.4 Å². The molecular formula is C24H16BrClO4. The molecule has 4 nitrogen and oxygen atoms in total. The minimum atomic E-state index is -0.935. The van der Waals surface area contributed by atoms with Crippen molar-refractivity contribution in [3.63, 3.8) is 0 Å². The van der Waals surface area contributed by atoms with Crippen LogP contribution in [0.3, 0.4) is 0 Å². The lowest BCUT2D eigenvalue weighted by molar-refractivity contribution is -0.134. The quantitative estimate of drug-likeness (QED) is 0.190. The van der Waals surface area contributed by atoms with Crippen molar-refractivity contribution < 1.29 is 19.1 Å². The van der Waals surface area contributed by atoms with Gasteiger partial charge >= 0.3 is 5.97 Å². The van der Waals surface area contributed by atoms with Crippen molar-refractivity contribution in [2.45, 2.75) is 12.3 Å². The molecule has 6 heteroatoms. The van der Waals surface area contributed by atoms with Gasteiger partial charge in [0.2, 0.25) is 5.78 Å².